The Morgan fingerprint density at radius 1 is 1.03 bits per heavy atom. The minimum Gasteiger partial charge on any atom is -0.317 e. The van der Waals surface area contributed by atoms with Crippen LogP contribution < -0.4 is 10.1 Å². The summed E-state index contributed by atoms with van der Waals surface area (Å²) in [6, 6.07) is 19.8. The summed E-state index contributed by atoms with van der Waals surface area (Å²) in [5, 5.41) is 15.3. The average Bonchev–Trinajstić information content (AvgIpc) is 3.46. The van der Waals surface area contributed by atoms with Crippen LogP contribution in [0.3, 0.4) is 0 Å². The molecule has 152 valence electrons. The Morgan fingerprint density at radius 2 is 1.81 bits per heavy atom. The Kier molecular flexibility index (Phi) is 4.64. The highest BCUT2D eigenvalue weighted by Gasteiger charge is 2.12. The number of hydrogen-bond acceptors (Lipinski definition) is 6. The first-order chi connectivity index (χ1) is 15.1. The smallest absolute Gasteiger partial charge is 0.291 e. The summed E-state index contributed by atoms with van der Waals surface area (Å²) in [4.78, 5) is 28.3. The Labute approximate surface area is 179 Å². The zero-order chi connectivity index (χ0) is 21.4. The van der Waals surface area contributed by atoms with E-state index in [0.717, 1.165) is 16.9 Å². The van der Waals surface area contributed by atoms with Gasteiger partial charge >= 0.3 is 0 Å². The molecule has 0 aliphatic carbocycles. The number of hydrogen-bond donors (Lipinski definition) is 0. The lowest BCUT2D eigenvalue weighted by atomic mass is 10.1. The van der Waals surface area contributed by atoms with E-state index in [1.165, 1.54) is 28.0 Å². The van der Waals surface area contributed by atoms with E-state index in [9.17, 15) is 14.9 Å². The molecule has 0 amide bonds. The Morgan fingerprint density at radius 3 is 2.52 bits per heavy atom. The summed E-state index contributed by atoms with van der Waals surface area (Å²) >= 11 is 1.28. The largest absolute Gasteiger partial charge is 0.317 e. The van der Waals surface area contributed by atoms with Gasteiger partial charge in [0.2, 0.25) is 4.96 Å². The number of thiazole rings is 1. The highest BCUT2D eigenvalue weighted by Crippen LogP contribution is 2.18. The summed E-state index contributed by atoms with van der Waals surface area (Å²) in [6.07, 6.45) is 4.19. The molecule has 0 saturated carbocycles. The first kappa shape index (κ1) is 18.9. The number of rotatable bonds is 5. The fourth-order valence-electron chi connectivity index (χ4n) is 3.34. The van der Waals surface area contributed by atoms with Crippen LogP contribution in [0.1, 0.15) is 17.1 Å². The number of nitrogens with zero attached hydrogens (tertiary/aromatic N) is 5. The molecule has 5 aromatic rings. The van der Waals surface area contributed by atoms with Crippen molar-refractivity contribution in [3.05, 3.63) is 115 Å². The molecule has 3 aromatic heterocycles. The standard InChI is InChI=1S/C22H15N5O3S/c28-21-19(31-22-23-20(24-26(21)22)13-15-5-2-1-3-6-15)14-18-7-4-12-25(18)16-8-10-17(11-9-16)27(29)30/h1-12,14H,13H2. The van der Waals surface area contributed by atoms with Gasteiger partial charge in [-0.1, -0.05) is 41.7 Å². The molecule has 8 nitrogen and oxygen atoms in total. The van der Waals surface area contributed by atoms with Crippen LogP contribution in [0.25, 0.3) is 16.7 Å². The minimum atomic E-state index is -0.434. The van der Waals surface area contributed by atoms with E-state index in [1.54, 1.807) is 18.2 Å². The average molecular weight is 429 g/mol. The van der Waals surface area contributed by atoms with Gasteiger partial charge in [-0.05, 0) is 35.9 Å². The third-order valence-electron chi connectivity index (χ3n) is 4.83. The summed E-state index contributed by atoms with van der Waals surface area (Å²) in [5.41, 5.74) is 2.43. The lowest BCUT2D eigenvalue weighted by molar-refractivity contribution is -0.384. The van der Waals surface area contributed by atoms with Crippen LogP contribution >= 0.6 is 11.3 Å². The van der Waals surface area contributed by atoms with Gasteiger partial charge in [-0.15, -0.1) is 5.10 Å². The fraction of sp³-hybridized carbons (Fsp3) is 0.0455. The van der Waals surface area contributed by atoms with Crippen molar-refractivity contribution in [1.82, 2.24) is 19.2 Å². The van der Waals surface area contributed by atoms with Crippen molar-refractivity contribution in [1.29, 1.82) is 0 Å². The van der Waals surface area contributed by atoms with Crippen LogP contribution in [-0.2, 0) is 6.42 Å². The van der Waals surface area contributed by atoms with Gasteiger partial charge in [-0.25, -0.2) is 4.98 Å². The summed E-state index contributed by atoms with van der Waals surface area (Å²) in [7, 11) is 0. The van der Waals surface area contributed by atoms with Gasteiger partial charge in [0.25, 0.3) is 11.2 Å². The second kappa shape index (κ2) is 7.62. The first-order valence-corrected chi connectivity index (χ1v) is 10.3. The number of fused-ring (bicyclic) bond motifs is 1. The second-order valence-electron chi connectivity index (χ2n) is 6.88. The SMILES string of the molecule is O=c1c(=Cc2cccn2-c2ccc([N+](=O)[O-])cc2)sc2nc(Cc3ccccc3)nn12. The van der Waals surface area contributed by atoms with Crippen molar-refractivity contribution in [3.63, 3.8) is 0 Å². The monoisotopic (exact) mass is 429 g/mol. The topological polar surface area (TPSA) is 95.3 Å². The molecule has 0 saturated heterocycles. The van der Waals surface area contributed by atoms with Crippen LogP contribution in [0.4, 0.5) is 5.69 Å². The molecule has 0 fully saturated rings. The summed E-state index contributed by atoms with van der Waals surface area (Å²) in [5.74, 6) is 0.607. The van der Waals surface area contributed by atoms with Gasteiger partial charge < -0.3 is 4.57 Å². The van der Waals surface area contributed by atoms with Gasteiger partial charge in [-0.3, -0.25) is 14.9 Å². The third-order valence-corrected chi connectivity index (χ3v) is 5.79. The molecule has 9 heteroatoms. The number of nitro benzene ring substituents is 1. The fourth-order valence-corrected chi connectivity index (χ4v) is 4.26. The lowest BCUT2D eigenvalue weighted by Gasteiger charge is -2.05. The highest BCUT2D eigenvalue weighted by molar-refractivity contribution is 7.15. The van der Waals surface area contributed by atoms with Crippen LogP contribution in [0, 0.1) is 10.1 Å². The molecule has 0 aliphatic heterocycles. The van der Waals surface area contributed by atoms with Crippen LogP contribution in [0.2, 0.25) is 0 Å². The predicted octanol–water partition coefficient (Wildman–Crippen LogP) is 2.99. The number of benzene rings is 2. The predicted molar refractivity (Wildman–Crippen MR) is 118 cm³/mol. The molecule has 0 bridgehead atoms. The third kappa shape index (κ3) is 3.62. The van der Waals surface area contributed by atoms with Crippen molar-refractivity contribution in [2.45, 2.75) is 6.42 Å². The molecule has 0 aliphatic rings. The zero-order valence-electron chi connectivity index (χ0n) is 16.1. The molecular formula is C22H15N5O3S. The molecule has 0 atom stereocenters. The maximum Gasteiger partial charge on any atom is 0.291 e. The van der Waals surface area contributed by atoms with Crippen molar-refractivity contribution in [3.8, 4) is 5.69 Å². The van der Waals surface area contributed by atoms with Gasteiger partial charge in [-0.2, -0.15) is 4.52 Å². The molecule has 0 N–H and O–H groups in total. The van der Waals surface area contributed by atoms with E-state index in [0.29, 0.717) is 21.7 Å². The molecule has 5 rings (SSSR count). The van der Waals surface area contributed by atoms with Crippen molar-refractivity contribution in [2.75, 3.05) is 0 Å². The minimum absolute atomic E-state index is 0.0279. The quantitative estimate of drug-likeness (QED) is 0.316. The molecule has 3 heterocycles. The lowest BCUT2D eigenvalue weighted by Crippen LogP contribution is -2.24. The second-order valence-corrected chi connectivity index (χ2v) is 7.89. The molecule has 0 unspecified atom stereocenters. The normalized spacial score (nSPS) is 11.9. The number of nitro groups is 1. The molecule has 0 radical (unpaired) electrons. The first-order valence-electron chi connectivity index (χ1n) is 9.45. The summed E-state index contributed by atoms with van der Waals surface area (Å²) in [6.45, 7) is 0. The van der Waals surface area contributed by atoms with Crippen LogP contribution in [0.15, 0.2) is 77.7 Å². The molecular weight excluding hydrogens is 414 g/mol. The maximum absolute atomic E-state index is 12.8. The Bertz CT molecular complexity index is 1500. The van der Waals surface area contributed by atoms with Gasteiger partial charge in [0.1, 0.15) is 4.53 Å². The van der Waals surface area contributed by atoms with E-state index >= 15 is 0 Å². The maximum atomic E-state index is 12.8. The number of non-ortho nitro benzene ring substituents is 1. The number of aromatic nitrogens is 4. The van der Waals surface area contributed by atoms with E-state index in [1.807, 2.05) is 53.2 Å². The molecule has 2 aromatic carbocycles. The van der Waals surface area contributed by atoms with E-state index < -0.39 is 4.92 Å². The summed E-state index contributed by atoms with van der Waals surface area (Å²) < 4.78 is 3.72. The van der Waals surface area contributed by atoms with E-state index in [-0.39, 0.29) is 11.2 Å². The van der Waals surface area contributed by atoms with E-state index in [4.69, 9.17) is 0 Å². The van der Waals surface area contributed by atoms with Crippen molar-refractivity contribution in [2.24, 2.45) is 0 Å². The van der Waals surface area contributed by atoms with Gasteiger partial charge in [0, 0.05) is 36.1 Å². The van der Waals surface area contributed by atoms with Crippen molar-refractivity contribution < 1.29 is 4.92 Å². The van der Waals surface area contributed by atoms with Crippen LogP contribution in [0.5, 0.6) is 0 Å². The highest BCUT2D eigenvalue weighted by atomic mass is 32.1. The molecule has 0 spiro atoms. The molecule has 31 heavy (non-hydrogen) atoms. The van der Waals surface area contributed by atoms with Gasteiger partial charge in [0.15, 0.2) is 5.82 Å². The Hall–Kier alpha value is -4.11. The van der Waals surface area contributed by atoms with E-state index in [2.05, 4.69) is 10.1 Å². The van der Waals surface area contributed by atoms with Gasteiger partial charge in [0.05, 0.1) is 4.92 Å². The van der Waals surface area contributed by atoms with Crippen LogP contribution in [-0.4, -0.2) is 24.1 Å². The van der Waals surface area contributed by atoms with Crippen molar-refractivity contribution >= 4 is 28.1 Å². The zero-order valence-corrected chi connectivity index (χ0v) is 16.9. The Balaban J connectivity index is 1.49.